The molecule has 0 saturated carbocycles. The number of hydrogen-bond donors (Lipinski definition) is 0. The van der Waals surface area contributed by atoms with Gasteiger partial charge in [-0.05, 0) is 79.1 Å². The molecule has 1 atom stereocenters. The fourth-order valence-electron chi connectivity index (χ4n) is 5.33. The molecule has 2 aliphatic rings. The van der Waals surface area contributed by atoms with Crippen LogP contribution >= 0.6 is 11.6 Å². The van der Waals surface area contributed by atoms with Crippen molar-refractivity contribution in [3.05, 3.63) is 112 Å². The summed E-state index contributed by atoms with van der Waals surface area (Å²) in [5.74, 6) is -0.586. The van der Waals surface area contributed by atoms with E-state index in [9.17, 15) is 17.6 Å². The van der Waals surface area contributed by atoms with Crippen LogP contribution in [0.3, 0.4) is 0 Å². The molecule has 38 heavy (non-hydrogen) atoms. The smallest absolute Gasteiger partial charge is 0.243 e. The van der Waals surface area contributed by atoms with E-state index in [0.29, 0.717) is 17.1 Å². The van der Waals surface area contributed by atoms with Gasteiger partial charge in [-0.1, -0.05) is 29.3 Å². The number of hydrogen-bond acceptors (Lipinski definition) is 5. The molecule has 1 aliphatic carbocycles. The summed E-state index contributed by atoms with van der Waals surface area (Å²) in [7, 11) is -3.92. The lowest BCUT2D eigenvalue weighted by Gasteiger charge is -2.44. The zero-order valence-corrected chi connectivity index (χ0v) is 21.7. The number of rotatable bonds is 5. The lowest BCUT2D eigenvalue weighted by atomic mass is 9.65. The van der Waals surface area contributed by atoms with E-state index in [1.165, 1.54) is 28.6 Å². The highest BCUT2D eigenvalue weighted by Crippen LogP contribution is 2.47. The Morgan fingerprint density at radius 1 is 1.05 bits per heavy atom. The normalized spacial score (nSPS) is 19.4. The van der Waals surface area contributed by atoms with Crippen LogP contribution in [-0.4, -0.2) is 46.4 Å². The van der Waals surface area contributed by atoms with Crippen LogP contribution in [-0.2, 0) is 16.4 Å². The molecule has 6 rings (SSSR count). The van der Waals surface area contributed by atoms with Gasteiger partial charge in [0.05, 0.1) is 27.9 Å². The van der Waals surface area contributed by atoms with Crippen molar-refractivity contribution in [2.75, 3.05) is 13.1 Å². The zero-order chi connectivity index (χ0) is 26.5. The number of halogens is 2. The lowest BCUT2D eigenvalue weighted by Crippen LogP contribution is -2.53. The van der Waals surface area contributed by atoms with Crippen LogP contribution in [0.1, 0.15) is 28.2 Å². The van der Waals surface area contributed by atoms with Gasteiger partial charge in [0.2, 0.25) is 10.0 Å². The van der Waals surface area contributed by atoms with E-state index in [2.05, 4.69) is 10.1 Å². The first-order chi connectivity index (χ1) is 18.3. The van der Waals surface area contributed by atoms with Gasteiger partial charge < -0.3 is 0 Å². The largest absolute Gasteiger partial charge is 0.291 e. The minimum atomic E-state index is -3.92. The van der Waals surface area contributed by atoms with Crippen molar-refractivity contribution in [2.45, 2.75) is 17.7 Å². The van der Waals surface area contributed by atoms with Crippen LogP contribution < -0.4 is 0 Å². The van der Waals surface area contributed by atoms with Crippen molar-refractivity contribution in [1.29, 1.82) is 0 Å². The van der Waals surface area contributed by atoms with Crippen molar-refractivity contribution in [3.63, 3.8) is 0 Å². The van der Waals surface area contributed by atoms with Gasteiger partial charge in [-0.2, -0.15) is 9.40 Å². The van der Waals surface area contributed by atoms with Gasteiger partial charge in [-0.25, -0.2) is 17.5 Å². The summed E-state index contributed by atoms with van der Waals surface area (Å²) in [5, 5.41) is 4.84. The second-order valence-corrected chi connectivity index (χ2v) is 11.8. The number of fused-ring (bicyclic) bond motifs is 2. The first kappa shape index (κ1) is 24.7. The number of pyridine rings is 1. The maximum absolute atomic E-state index is 14.1. The van der Waals surface area contributed by atoms with Crippen LogP contribution in [0.2, 0.25) is 5.02 Å². The molecule has 1 fully saturated rings. The molecular formula is C28H22ClFN4O3S. The highest BCUT2D eigenvalue weighted by Gasteiger charge is 2.51. The summed E-state index contributed by atoms with van der Waals surface area (Å²) < 4.78 is 43.9. The molecule has 7 nitrogen and oxygen atoms in total. The predicted molar refractivity (Wildman–Crippen MR) is 141 cm³/mol. The molecule has 0 radical (unpaired) electrons. The quantitative estimate of drug-likeness (QED) is 0.329. The van der Waals surface area contributed by atoms with E-state index in [-0.39, 0.29) is 41.7 Å². The second kappa shape index (κ2) is 9.27. The number of nitrogens with zero attached hydrogens (tertiary/aromatic N) is 4. The number of benzene rings is 2. The standard InChI is InChI=1S/C28H22ClFN4O3S/c29-21-4-3-5-24(15-21)38(36,37)33-13-11-20-14-26-19(17-32-34(26)23-9-7-22(30)8-10-23)16-28(20,18-33)27(35)25-6-1-2-12-31-25/h1-10,12,14-15,17H,11,13,16,18H2. The van der Waals surface area contributed by atoms with Crippen LogP contribution in [0.25, 0.3) is 11.8 Å². The van der Waals surface area contributed by atoms with Crippen LogP contribution in [0, 0.1) is 11.2 Å². The van der Waals surface area contributed by atoms with E-state index in [4.69, 9.17) is 11.6 Å². The molecule has 0 spiro atoms. The topological polar surface area (TPSA) is 85.2 Å². The van der Waals surface area contributed by atoms with Gasteiger partial charge in [0, 0.05) is 24.3 Å². The summed E-state index contributed by atoms with van der Waals surface area (Å²) in [6.07, 6.45) is 5.78. The molecule has 192 valence electrons. The third kappa shape index (κ3) is 4.07. The summed E-state index contributed by atoms with van der Waals surface area (Å²) in [4.78, 5) is 18.5. The van der Waals surface area contributed by atoms with Gasteiger partial charge in [0.15, 0.2) is 5.78 Å². The molecule has 2 aromatic carbocycles. The Hall–Kier alpha value is -3.66. The van der Waals surface area contributed by atoms with Crippen LogP contribution in [0.15, 0.2) is 89.6 Å². The highest BCUT2D eigenvalue weighted by atomic mass is 35.5. The monoisotopic (exact) mass is 548 g/mol. The Morgan fingerprint density at radius 2 is 1.87 bits per heavy atom. The molecule has 4 aromatic rings. The average molecular weight is 549 g/mol. The van der Waals surface area contributed by atoms with Crippen molar-refractivity contribution >= 4 is 33.5 Å². The average Bonchev–Trinajstić information content (AvgIpc) is 3.34. The molecule has 1 saturated heterocycles. The fourth-order valence-corrected chi connectivity index (χ4v) is 7.13. The van der Waals surface area contributed by atoms with Gasteiger partial charge in [0.25, 0.3) is 0 Å². The molecule has 10 heteroatoms. The first-order valence-corrected chi connectivity index (χ1v) is 13.9. The number of Topliss-reactive ketones (excluding diaryl/α,β-unsaturated/α-hetero) is 1. The summed E-state index contributed by atoms with van der Waals surface area (Å²) in [6.45, 7) is 0.169. The Balaban J connectivity index is 1.45. The predicted octanol–water partition coefficient (Wildman–Crippen LogP) is 4.96. The second-order valence-electron chi connectivity index (χ2n) is 9.46. The van der Waals surface area contributed by atoms with E-state index < -0.39 is 15.4 Å². The minimum absolute atomic E-state index is 0.0374. The first-order valence-electron chi connectivity index (χ1n) is 12.0. The summed E-state index contributed by atoms with van der Waals surface area (Å²) in [6, 6.07) is 17.3. The Kier molecular flexibility index (Phi) is 6.02. The summed E-state index contributed by atoms with van der Waals surface area (Å²) in [5.41, 5.74) is 2.22. The van der Waals surface area contributed by atoms with Crippen molar-refractivity contribution in [1.82, 2.24) is 19.1 Å². The van der Waals surface area contributed by atoms with Crippen molar-refractivity contribution in [3.8, 4) is 5.69 Å². The zero-order valence-electron chi connectivity index (χ0n) is 20.1. The van der Waals surface area contributed by atoms with Gasteiger partial charge in [0.1, 0.15) is 11.5 Å². The van der Waals surface area contributed by atoms with E-state index >= 15 is 0 Å². The Bertz CT molecular complexity index is 1690. The molecule has 1 aliphatic heterocycles. The lowest BCUT2D eigenvalue weighted by molar-refractivity contribution is 0.0770. The van der Waals surface area contributed by atoms with Crippen LogP contribution in [0.5, 0.6) is 0 Å². The van der Waals surface area contributed by atoms with Crippen molar-refractivity contribution < 1.29 is 17.6 Å². The third-order valence-electron chi connectivity index (χ3n) is 7.22. The minimum Gasteiger partial charge on any atom is -0.291 e. The highest BCUT2D eigenvalue weighted by molar-refractivity contribution is 7.89. The maximum atomic E-state index is 14.1. The molecule has 0 N–H and O–H groups in total. The molecule has 0 amide bonds. The molecular weight excluding hydrogens is 527 g/mol. The molecule has 1 unspecified atom stereocenters. The Labute approximate surface area is 224 Å². The van der Waals surface area contributed by atoms with E-state index in [1.807, 2.05) is 6.08 Å². The number of carbonyl (C=O) groups is 1. The molecule has 0 bridgehead atoms. The van der Waals surface area contributed by atoms with Crippen molar-refractivity contribution in [2.24, 2.45) is 5.41 Å². The number of piperidine rings is 1. The molecule has 2 aromatic heterocycles. The number of ketones is 1. The van der Waals surface area contributed by atoms with E-state index in [0.717, 1.165) is 16.8 Å². The third-order valence-corrected chi connectivity index (χ3v) is 9.29. The number of sulfonamides is 1. The Morgan fingerprint density at radius 3 is 2.61 bits per heavy atom. The number of carbonyl (C=O) groups excluding carboxylic acids is 1. The van der Waals surface area contributed by atoms with E-state index in [1.54, 1.807) is 59.5 Å². The molecule has 3 heterocycles. The SMILES string of the molecule is O=C(c1ccccn1)C12Cc3cnn(-c4ccc(F)cc4)c3C=C1CCN(S(=O)(=O)c1cccc(Cl)c1)C2. The van der Waals surface area contributed by atoms with Crippen LogP contribution in [0.4, 0.5) is 4.39 Å². The van der Waals surface area contributed by atoms with Gasteiger partial charge >= 0.3 is 0 Å². The van der Waals surface area contributed by atoms with Gasteiger partial charge in [-0.3, -0.25) is 9.78 Å². The summed E-state index contributed by atoms with van der Waals surface area (Å²) >= 11 is 6.09. The maximum Gasteiger partial charge on any atom is 0.243 e. The number of aromatic nitrogens is 3. The fraction of sp³-hybridized carbons (Fsp3) is 0.179. The van der Waals surface area contributed by atoms with Gasteiger partial charge in [-0.15, -0.1) is 0 Å².